The number of carboxylic acid groups (broad SMARTS) is 1. The second kappa shape index (κ2) is 4.14. The second-order valence-electron chi connectivity index (χ2n) is 5.04. The maximum Gasteiger partial charge on any atom is 0.347 e. The highest BCUT2D eigenvalue weighted by molar-refractivity contribution is 6.30. The molecule has 0 spiro atoms. The molecule has 0 saturated carbocycles. The molecule has 0 aromatic heterocycles. The van der Waals surface area contributed by atoms with E-state index in [1.54, 1.807) is 30.3 Å². The van der Waals surface area contributed by atoms with Crippen LogP contribution in [0.25, 0.3) is 21.5 Å². The molecule has 0 saturated heterocycles. The number of benzene rings is 3. The Kier molecular flexibility index (Phi) is 2.36. The molecule has 1 aliphatic heterocycles. The normalized spacial score (nSPS) is 13.5. The first-order chi connectivity index (χ1) is 10.6. The van der Waals surface area contributed by atoms with Gasteiger partial charge in [-0.3, -0.25) is 0 Å². The zero-order valence-electron chi connectivity index (χ0n) is 11.1. The van der Waals surface area contributed by atoms with Crippen LogP contribution < -0.4 is 0 Å². The number of hydrogen-bond donors (Lipinski definition) is 1. The first-order valence-corrected chi connectivity index (χ1v) is 6.56. The van der Waals surface area contributed by atoms with E-state index in [0.29, 0.717) is 21.5 Å². The molecule has 22 heavy (non-hydrogen) atoms. The van der Waals surface area contributed by atoms with E-state index in [9.17, 15) is 14.4 Å². The van der Waals surface area contributed by atoms with Crippen molar-refractivity contribution in [2.24, 2.45) is 0 Å². The molecule has 0 atom stereocenters. The topological polar surface area (TPSA) is 80.7 Å². The summed E-state index contributed by atoms with van der Waals surface area (Å²) >= 11 is 0. The number of rotatable bonds is 1. The Bertz CT molecular complexity index is 1020. The second-order valence-corrected chi connectivity index (χ2v) is 5.04. The van der Waals surface area contributed by atoms with Crippen molar-refractivity contribution in [3.05, 3.63) is 59.2 Å². The van der Waals surface area contributed by atoms with E-state index < -0.39 is 17.9 Å². The Morgan fingerprint density at radius 1 is 0.818 bits per heavy atom. The number of esters is 2. The molecule has 1 N–H and O–H groups in total. The number of carbonyl (C=O) groups is 3. The first kappa shape index (κ1) is 12.5. The van der Waals surface area contributed by atoms with Crippen LogP contribution in [-0.2, 0) is 4.74 Å². The molecule has 5 nitrogen and oxygen atoms in total. The summed E-state index contributed by atoms with van der Waals surface area (Å²) < 4.78 is 4.73. The zero-order chi connectivity index (χ0) is 15.4. The predicted octanol–water partition coefficient (Wildman–Crippen LogP) is 3.00. The minimum absolute atomic E-state index is 0.121. The fourth-order valence-electron chi connectivity index (χ4n) is 2.93. The third-order valence-electron chi connectivity index (χ3n) is 3.87. The van der Waals surface area contributed by atoms with Gasteiger partial charge in [-0.25, -0.2) is 14.4 Å². The number of carboxylic acids is 1. The van der Waals surface area contributed by atoms with Crippen LogP contribution in [0, 0.1) is 0 Å². The van der Waals surface area contributed by atoms with E-state index in [1.165, 1.54) is 12.1 Å². The van der Waals surface area contributed by atoms with Gasteiger partial charge in [0.2, 0.25) is 0 Å². The van der Waals surface area contributed by atoms with E-state index in [1.807, 2.05) is 0 Å². The molecule has 4 rings (SSSR count). The van der Waals surface area contributed by atoms with Crippen LogP contribution in [0.3, 0.4) is 0 Å². The third kappa shape index (κ3) is 1.50. The molecule has 0 aliphatic carbocycles. The number of hydrogen-bond acceptors (Lipinski definition) is 4. The van der Waals surface area contributed by atoms with Gasteiger partial charge in [-0.15, -0.1) is 0 Å². The summed E-state index contributed by atoms with van der Waals surface area (Å²) in [5, 5.41) is 11.6. The summed E-state index contributed by atoms with van der Waals surface area (Å²) in [5.41, 5.74) is 0.571. The maximum atomic E-state index is 12.0. The van der Waals surface area contributed by atoms with Gasteiger partial charge in [0.15, 0.2) is 0 Å². The molecule has 106 valence electrons. The summed E-state index contributed by atoms with van der Waals surface area (Å²) in [5.74, 6) is -2.41. The van der Waals surface area contributed by atoms with Crippen LogP contribution >= 0.6 is 0 Å². The SMILES string of the molecule is O=C(O)c1ccc2c3c(c4ccccc4c2c1)C(=O)OC3=O. The Balaban J connectivity index is 2.29. The summed E-state index contributed by atoms with van der Waals surface area (Å²) in [6.45, 7) is 0. The van der Waals surface area contributed by atoms with Gasteiger partial charge in [0.05, 0.1) is 16.7 Å². The van der Waals surface area contributed by atoms with Crippen molar-refractivity contribution >= 4 is 39.5 Å². The molecule has 0 unspecified atom stereocenters. The number of carbonyl (C=O) groups excluding carboxylic acids is 2. The molecule has 0 amide bonds. The van der Waals surface area contributed by atoms with Crippen molar-refractivity contribution in [2.45, 2.75) is 0 Å². The van der Waals surface area contributed by atoms with Crippen molar-refractivity contribution in [2.75, 3.05) is 0 Å². The highest BCUT2D eigenvalue weighted by atomic mass is 16.6. The van der Waals surface area contributed by atoms with Gasteiger partial charge < -0.3 is 9.84 Å². The largest absolute Gasteiger partial charge is 0.478 e. The van der Waals surface area contributed by atoms with E-state index in [4.69, 9.17) is 9.84 Å². The Hall–Kier alpha value is -3.21. The van der Waals surface area contributed by atoms with Gasteiger partial charge in [-0.1, -0.05) is 30.3 Å². The van der Waals surface area contributed by atoms with E-state index in [0.717, 1.165) is 0 Å². The average molecular weight is 292 g/mol. The van der Waals surface area contributed by atoms with Crippen LogP contribution in [-0.4, -0.2) is 23.0 Å². The molecule has 1 aliphatic rings. The first-order valence-electron chi connectivity index (χ1n) is 6.56. The molecule has 3 aromatic rings. The third-order valence-corrected chi connectivity index (χ3v) is 3.87. The van der Waals surface area contributed by atoms with Crippen molar-refractivity contribution in [1.29, 1.82) is 0 Å². The van der Waals surface area contributed by atoms with Gasteiger partial charge >= 0.3 is 17.9 Å². The van der Waals surface area contributed by atoms with Gasteiger partial charge in [-0.2, -0.15) is 0 Å². The number of aromatic carboxylic acids is 1. The lowest BCUT2D eigenvalue weighted by Crippen LogP contribution is -1.99. The minimum atomic E-state index is -1.05. The highest BCUT2D eigenvalue weighted by Gasteiger charge is 2.34. The lowest BCUT2D eigenvalue weighted by atomic mass is 9.92. The molecule has 5 heteroatoms. The fourth-order valence-corrected chi connectivity index (χ4v) is 2.93. The van der Waals surface area contributed by atoms with Gasteiger partial charge in [0, 0.05) is 0 Å². The van der Waals surface area contributed by atoms with Crippen molar-refractivity contribution < 1.29 is 24.2 Å². The van der Waals surface area contributed by atoms with Gasteiger partial charge in [0.25, 0.3) is 0 Å². The fraction of sp³-hybridized carbons (Fsp3) is 0. The maximum absolute atomic E-state index is 12.0. The molecule has 1 heterocycles. The molecular formula is C17H8O5. The van der Waals surface area contributed by atoms with E-state index in [-0.39, 0.29) is 16.7 Å². The quantitative estimate of drug-likeness (QED) is 0.423. The molecule has 0 fully saturated rings. The Morgan fingerprint density at radius 3 is 2.05 bits per heavy atom. The molecule has 0 radical (unpaired) electrons. The Labute approximate surface area is 123 Å². The lowest BCUT2D eigenvalue weighted by Gasteiger charge is -2.08. The minimum Gasteiger partial charge on any atom is -0.478 e. The summed E-state index contributed by atoms with van der Waals surface area (Å²) in [6.07, 6.45) is 0. The number of ether oxygens (including phenoxy) is 1. The summed E-state index contributed by atoms with van der Waals surface area (Å²) in [7, 11) is 0. The number of cyclic esters (lactones) is 2. The average Bonchev–Trinajstić information content (AvgIpc) is 2.82. The van der Waals surface area contributed by atoms with Crippen LogP contribution in [0.1, 0.15) is 31.1 Å². The smallest absolute Gasteiger partial charge is 0.347 e. The lowest BCUT2D eigenvalue weighted by molar-refractivity contribution is 0.0444. The molecule has 0 bridgehead atoms. The highest BCUT2D eigenvalue weighted by Crippen LogP contribution is 2.37. The summed E-state index contributed by atoms with van der Waals surface area (Å²) in [6, 6.07) is 11.5. The van der Waals surface area contributed by atoms with Gasteiger partial charge in [0.1, 0.15) is 0 Å². The van der Waals surface area contributed by atoms with Crippen LogP contribution in [0.4, 0.5) is 0 Å². The van der Waals surface area contributed by atoms with Crippen molar-refractivity contribution in [3.8, 4) is 0 Å². The van der Waals surface area contributed by atoms with Crippen LogP contribution in [0.5, 0.6) is 0 Å². The standard InChI is InChI=1S/C17H8O5/c18-15(19)8-5-6-11-12(7-8)9-3-1-2-4-10(9)13-14(11)17(21)22-16(13)20/h1-7H,(H,18,19). The molecular weight excluding hydrogens is 284 g/mol. The van der Waals surface area contributed by atoms with E-state index >= 15 is 0 Å². The van der Waals surface area contributed by atoms with Crippen molar-refractivity contribution in [1.82, 2.24) is 0 Å². The van der Waals surface area contributed by atoms with Crippen LogP contribution in [0.2, 0.25) is 0 Å². The van der Waals surface area contributed by atoms with Crippen molar-refractivity contribution in [3.63, 3.8) is 0 Å². The van der Waals surface area contributed by atoms with E-state index in [2.05, 4.69) is 0 Å². The number of fused-ring (bicyclic) bond motifs is 6. The molecule has 3 aromatic carbocycles. The monoisotopic (exact) mass is 292 g/mol. The predicted molar refractivity (Wildman–Crippen MR) is 78.2 cm³/mol. The van der Waals surface area contributed by atoms with Gasteiger partial charge in [-0.05, 0) is 33.7 Å². The summed E-state index contributed by atoms with van der Waals surface area (Å²) in [4.78, 5) is 35.1. The Morgan fingerprint density at radius 2 is 1.41 bits per heavy atom. The zero-order valence-corrected chi connectivity index (χ0v) is 11.1. The van der Waals surface area contributed by atoms with Crippen LogP contribution in [0.15, 0.2) is 42.5 Å².